The maximum atomic E-state index is 13.9. The molecule has 0 heterocycles. The van der Waals surface area contributed by atoms with Gasteiger partial charge in [0.05, 0.1) is 6.42 Å². The highest BCUT2D eigenvalue weighted by atomic mass is 79.9. The normalized spacial score (nSPS) is 14.4. The fourth-order valence-corrected chi connectivity index (χ4v) is 5.60. The van der Waals surface area contributed by atoms with Crippen molar-refractivity contribution < 1.29 is 9.59 Å². The monoisotopic (exact) mass is 586 g/mol. The van der Waals surface area contributed by atoms with E-state index in [0.29, 0.717) is 28.6 Å². The summed E-state index contributed by atoms with van der Waals surface area (Å²) in [5.41, 5.74) is 2.62. The molecule has 1 N–H and O–H groups in total. The molecule has 1 aliphatic carbocycles. The molecule has 0 radical (unpaired) electrons. The molecule has 1 atom stereocenters. The summed E-state index contributed by atoms with van der Waals surface area (Å²) in [6.45, 7) is 0.305. The highest BCUT2D eigenvalue weighted by molar-refractivity contribution is 9.10. The molecule has 1 fully saturated rings. The molecule has 4 rings (SSSR count). The Hall–Kier alpha value is -2.34. The maximum Gasteiger partial charge on any atom is 0.243 e. The zero-order chi connectivity index (χ0) is 25.5. The van der Waals surface area contributed by atoms with Gasteiger partial charge < -0.3 is 10.2 Å². The average Bonchev–Trinajstić information content (AvgIpc) is 3.36. The maximum absolute atomic E-state index is 13.9. The van der Waals surface area contributed by atoms with Crippen molar-refractivity contribution in [1.82, 2.24) is 10.2 Å². The quantitative estimate of drug-likeness (QED) is 0.293. The van der Waals surface area contributed by atoms with Crippen molar-refractivity contribution in [2.45, 2.75) is 57.2 Å². The second-order valence-electron chi connectivity index (χ2n) is 9.26. The number of amides is 2. The van der Waals surface area contributed by atoms with Crippen LogP contribution in [0.5, 0.6) is 0 Å². The van der Waals surface area contributed by atoms with Gasteiger partial charge >= 0.3 is 0 Å². The smallest absolute Gasteiger partial charge is 0.243 e. The van der Waals surface area contributed by atoms with E-state index in [-0.39, 0.29) is 24.3 Å². The molecule has 0 spiro atoms. The summed E-state index contributed by atoms with van der Waals surface area (Å²) < 4.78 is 0.920. The largest absolute Gasteiger partial charge is 0.352 e. The van der Waals surface area contributed by atoms with Crippen molar-refractivity contribution in [3.63, 3.8) is 0 Å². The second-order valence-corrected chi connectivity index (χ2v) is 11.0. The van der Waals surface area contributed by atoms with E-state index in [1.54, 1.807) is 23.1 Å². The van der Waals surface area contributed by atoms with Crippen molar-refractivity contribution in [2.75, 3.05) is 0 Å². The lowest BCUT2D eigenvalue weighted by atomic mass is 10.0. The number of nitrogens with zero attached hydrogens (tertiary/aromatic N) is 1. The lowest BCUT2D eigenvalue weighted by Gasteiger charge is -2.32. The molecule has 1 saturated carbocycles. The van der Waals surface area contributed by atoms with E-state index >= 15 is 0 Å². The minimum Gasteiger partial charge on any atom is -0.352 e. The third-order valence-electron chi connectivity index (χ3n) is 6.57. The van der Waals surface area contributed by atoms with Crippen LogP contribution in [0, 0.1) is 0 Å². The van der Waals surface area contributed by atoms with Crippen LogP contribution in [-0.2, 0) is 29.0 Å². The van der Waals surface area contributed by atoms with E-state index in [2.05, 4.69) is 21.2 Å². The number of nitrogens with one attached hydrogen (secondary N) is 1. The summed E-state index contributed by atoms with van der Waals surface area (Å²) in [7, 11) is 0. The van der Waals surface area contributed by atoms with Crippen LogP contribution in [0.1, 0.15) is 42.4 Å². The zero-order valence-electron chi connectivity index (χ0n) is 19.9. The van der Waals surface area contributed by atoms with Gasteiger partial charge in [-0.15, -0.1) is 0 Å². The first-order chi connectivity index (χ1) is 17.4. The van der Waals surface area contributed by atoms with E-state index in [1.807, 2.05) is 54.6 Å². The van der Waals surface area contributed by atoms with Gasteiger partial charge in [-0.25, -0.2) is 0 Å². The lowest BCUT2D eigenvalue weighted by Crippen LogP contribution is -2.52. The van der Waals surface area contributed by atoms with E-state index in [4.69, 9.17) is 23.2 Å². The molecule has 0 aliphatic heterocycles. The Balaban J connectivity index is 1.67. The van der Waals surface area contributed by atoms with Crippen molar-refractivity contribution >= 4 is 50.9 Å². The van der Waals surface area contributed by atoms with Gasteiger partial charge in [-0.3, -0.25) is 9.59 Å². The number of hydrogen-bond acceptors (Lipinski definition) is 2. The summed E-state index contributed by atoms with van der Waals surface area (Å²) in [4.78, 5) is 29.3. The van der Waals surface area contributed by atoms with E-state index in [1.165, 1.54) is 0 Å². The standard InChI is InChI=1S/C29H29BrCl2N2O2/c30-23-10-6-9-21(15-23)19-34(28(35)17-22-13-14-24(31)18-26(22)32)27(16-20-7-2-1-3-8-20)29(36)33-25-11-4-5-12-25/h1-3,6-10,13-15,18,25,27H,4-5,11-12,16-17,19H2,(H,33,36)/t27-/m0/s1. The first-order valence-corrected chi connectivity index (χ1v) is 13.8. The second kappa shape index (κ2) is 12.8. The van der Waals surface area contributed by atoms with Gasteiger partial charge in [0.25, 0.3) is 0 Å². The summed E-state index contributed by atoms with van der Waals surface area (Å²) in [6, 6.07) is 22.3. The molecule has 1 aliphatic rings. The van der Waals surface area contributed by atoms with Crippen LogP contribution in [0.2, 0.25) is 10.0 Å². The molecule has 36 heavy (non-hydrogen) atoms. The van der Waals surface area contributed by atoms with Gasteiger partial charge in [0.2, 0.25) is 11.8 Å². The Morgan fingerprint density at radius 2 is 1.67 bits per heavy atom. The molecule has 188 valence electrons. The topological polar surface area (TPSA) is 49.4 Å². The number of hydrogen-bond donors (Lipinski definition) is 1. The average molecular weight is 588 g/mol. The Bertz CT molecular complexity index is 1200. The van der Waals surface area contributed by atoms with Gasteiger partial charge in [0.15, 0.2) is 0 Å². The molecule has 7 heteroatoms. The minimum absolute atomic E-state index is 0.0754. The molecular weight excluding hydrogens is 559 g/mol. The summed E-state index contributed by atoms with van der Waals surface area (Å²) in [6.07, 6.45) is 4.68. The first-order valence-electron chi connectivity index (χ1n) is 12.2. The van der Waals surface area contributed by atoms with E-state index in [0.717, 1.165) is 41.3 Å². The predicted molar refractivity (Wildman–Crippen MR) is 149 cm³/mol. The summed E-state index contributed by atoms with van der Waals surface area (Å²) in [5, 5.41) is 4.18. The fourth-order valence-electron chi connectivity index (χ4n) is 4.68. The van der Waals surface area contributed by atoms with Gasteiger partial charge in [0, 0.05) is 33.5 Å². The number of carbonyl (C=O) groups is 2. The predicted octanol–water partition coefficient (Wildman–Crippen LogP) is 7.00. The fraction of sp³-hybridized carbons (Fsp3) is 0.310. The van der Waals surface area contributed by atoms with Crippen LogP contribution in [0.3, 0.4) is 0 Å². The van der Waals surface area contributed by atoms with Crippen LogP contribution >= 0.6 is 39.1 Å². The van der Waals surface area contributed by atoms with Crippen molar-refractivity contribution in [1.29, 1.82) is 0 Å². The lowest BCUT2D eigenvalue weighted by molar-refractivity contribution is -0.141. The van der Waals surface area contributed by atoms with E-state index < -0.39 is 6.04 Å². The third-order valence-corrected chi connectivity index (χ3v) is 7.65. The Labute approximate surface area is 231 Å². The molecule has 0 aromatic heterocycles. The van der Waals surface area contributed by atoms with Gasteiger partial charge in [-0.1, -0.05) is 101 Å². The minimum atomic E-state index is -0.662. The number of benzene rings is 3. The molecule has 0 unspecified atom stereocenters. The van der Waals surface area contributed by atoms with Crippen LogP contribution in [0.25, 0.3) is 0 Å². The van der Waals surface area contributed by atoms with Gasteiger partial charge in [-0.05, 0) is 53.8 Å². The highest BCUT2D eigenvalue weighted by Crippen LogP contribution is 2.25. The molecule has 4 nitrogen and oxygen atoms in total. The SMILES string of the molecule is O=C(NC1CCCC1)[C@H](Cc1ccccc1)N(Cc1cccc(Br)c1)C(=O)Cc1ccc(Cl)cc1Cl. The molecule has 3 aromatic carbocycles. The highest BCUT2D eigenvalue weighted by Gasteiger charge is 2.32. The van der Waals surface area contributed by atoms with Crippen molar-refractivity contribution in [2.24, 2.45) is 0 Å². The van der Waals surface area contributed by atoms with Crippen LogP contribution in [-0.4, -0.2) is 28.8 Å². The molecule has 2 amide bonds. The van der Waals surface area contributed by atoms with Crippen molar-refractivity contribution in [3.8, 4) is 0 Å². The van der Waals surface area contributed by atoms with Crippen LogP contribution in [0.4, 0.5) is 0 Å². The molecule has 0 saturated heterocycles. The van der Waals surface area contributed by atoms with Gasteiger partial charge in [-0.2, -0.15) is 0 Å². The zero-order valence-corrected chi connectivity index (χ0v) is 23.0. The molecular formula is C29H29BrCl2N2O2. The van der Waals surface area contributed by atoms with E-state index in [9.17, 15) is 9.59 Å². The van der Waals surface area contributed by atoms with Gasteiger partial charge in [0.1, 0.15) is 6.04 Å². The van der Waals surface area contributed by atoms with Crippen molar-refractivity contribution in [3.05, 3.63) is 104 Å². The van der Waals surface area contributed by atoms with Crippen LogP contribution < -0.4 is 5.32 Å². The Morgan fingerprint density at radius 1 is 0.944 bits per heavy atom. The summed E-state index contributed by atoms with van der Waals surface area (Å²) >= 11 is 16.0. The number of halogens is 3. The van der Waals surface area contributed by atoms with Crippen LogP contribution in [0.15, 0.2) is 77.3 Å². The first kappa shape index (κ1) is 26.7. The summed E-state index contributed by atoms with van der Waals surface area (Å²) in [5.74, 6) is -0.280. The Kier molecular flexibility index (Phi) is 9.47. The Morgan fingerprint density at radius 3 is 2.36 bits per heavy atom. The number of carbonyl (C=O) groups excluding carboxylic acids is 2. The molecule has 3 aromatic rings. The molecule has 0 bridgehead atoms. The third kappa shape index (κ3) is 7.34. The number of rotatable bonds is 9.